The molecule has 1 rings (SSSR count). The number of rotatable bonds is 4. The zero-order valence-electron chi connectivity index (χ0n) is 10.8. The zero-order chi connectivity index (χ0) is 13.9. The third kappa shape index (κ3) is 3.20. The van der Waals surface area contributed by atoms with E-state index in [2.05, 4.69) is 5.32 Å². The van der Waals surface area contributed by atoms with Crippen LogP contribution in [0.3, 0.4) is 0 Å². The molecule has 3 N–H and O–H groups in total. The molecule has 5 heteroatoms. The maximum absolute atomic E-state index is 11.9. The van der Waals surface area contributed by atoms with Crippen molar-refractivity contribution >= 4 is 11.7 Å². The van der Waals surface area contributed by atoms with Crippen molar-refractivity contribution in [3.8, 4) is 0 Å². The van der Waals surface area contributed by atoms with E-state index >= 15 is 0 Å². The number of amides is 1. The van der Waals surface area contributed by atoms with Crippen molar-refractivity contribution in [3.05, 3.63) is 23.5 Å². The molecule has 1 aliphatic rings. The first-order chi connectivity index (χ1) is 8.34. The van der Waals surface area contributed by atoms with E-state index in [0.29, 0.717) is 6.42 Å². The smallest absolute Gasteiger partial charge is 0.259 e. The first-order valence-corrected chi connectivity index (χ1v) is 5.97. The summed E-state index contributed by atoms with van der Waals surface area (Å²) in [6.45, 7) is 5.26. The van der Waals surface area contributed by atoms with Crippen molar-refractivity contribution in [2.45, 2.75) is 39.3 Å². The fourth-order valence-corrected chi connectivity index (χ4v) is 1.72. The quantitative estimate of drug-likeness (QED) is 0.394. The third-order valence-corrected chi connectivity index (χ3v) is 2.72. The topological polar surface area (TPSA) is 86.6 Å². The Morgan fingerprint density at radius 2 is 2.00 bits per heavy atom. The van der Waals surface area contributed by atoms with Crippen molar-refractivity contribution in [1.82, 2.24) is 5.32 Å². The lowest BCUT2D eigenvalue weighted by Crippen LogP contribution is -2.33. The number of aliphatic hydroxyl groups is 2. The molecule has 0 aromatic rings. The number of carbonyl (C=O) groups excluding carboxylic acids is 2. The molecule has 1 amide bonds. The van der Waals surface area contributed by atoms with Gasteiger partial charge in [-0.05, 0) is 25.3 Å². The molecule has 100 valence electrons. The molecule has 18 heavy (non-hydrogen) atoms. The molecule has 1 saturated heterocycles. The highest BCUT2D eigenvalue weighted by atomic mass is 16.3. The predicted molar refractivity (Wildman–Crippen MR) is 66.9 cm³/mol. The lowest BCUT2D eigenvalue weighted by molar-refractivity contribution is -0.117. The summed E-state index contributed by atoms with van der Waals surface area (Å²) in [6.07, 6.45) is 2.62. The number of aliphatic hydroxyl groups excluding tert-OH is 2. The van der Waals surface area contributed by atoms with E-state index in [-0.39, 0.29) is 23.0 Å². The average Bonchev–Trinajstić information content (AvgIpc) is 2.53. The minimum atomic E-state index is -0.570. The highest BCUT2D eigenvalue weighted by Gasteiger charge is 2.39. The van der Waals surface area contributed by atoms with E-state index in [1.54, 1.807) is 6.92 Å². The van der Waals surface area contributed by atoms with Crippen LogP contribution in [0, 0.1) is 5.92 Å². The van der Waals surface area contributed by atoms with Crippen molar-refractivity contribution in [1.29, 1.82) is 0 Å². The molecule has 0 spiro atoms. The molecule has 5 nitrogen and oxygen atoms in total. The zero-order valence-corrected chi connectivity index (χ0v) is 10.8. The minimum Gasteiger partial charge on any atom is -0.507 e. The Balaban J connectivity index is 2.90. The molecule has 0 aromatic carbocycles. The fourth-order valence-electron chi connectivity index (χ4n) is 1.72. The van der Waals surface area contributed by atoms with Gasteiger partial charge in [-0.1, -0.05) is 19.9 Å². The van der Waals surface area contributed by atoms with E-state index in [1.165, 1.54) is 12.2 Å². The van der Waals surface area contributed by atoms with E-state index in [1.807, 2.05) is 13.8 Å². The van der Waals surface area contributed by atoms with Gasteiger partial charge in [-0.25, -0.2) is 0 Å². The van der Waals surface area contributed by atoms with Gasteiger partial charge in [0.1, 0.15) is 11.3 Å². The molecule has 1 aliphatic heterocycles. The fraction of sp³-hybridized carbons (Fsp3) is 0.538. The van der Waals surface area contributed by atoms with E-state index < -0.39 is 18.1 Å². The van der Waals surface area contributed by atoms with E-state index in [0.717, 1.165) is 0 Å². The summed E-state index contributed by atoms with van der Waals surface area (Å²) in [5.41, 5.74) is -0.199. The molecule has 2 atom stereocenters. The van der Waals surface area contributed by atoms with Gasteiger partial charge in [-0.2, -0.15) is 0 Å². The van der Waals surface area contributed by atoms with Gasteiger partial charge < -0.3 is 15.5 Å². The summed E-state index contributed by atoms with van der Waals surface area (Å²) in [5.74, 6) is -1.29. The van der Waals surface area contributed by atoms with Gasteiger partial charge in [0, 0.05) is 0 Å². The van der Waals surface area contributed by atoms with Gasteiger partial charge in [0.25, 0.3) is 5.91 Å². The van der Waals surface area contributed by atoms with Crippen LogP contribution in [0.25, 0.3) is 0 Å². The molecule has 1 heterocycles. The van der Waals surface area contributed by atoms with Gasteiger partial charge >= 0.3 is 0 Å². The van der Waals surface area contributed by atoms with Crippen molar-refractivity contribution in [2.24, 2.45) is 5.92 Å². The molecule has 0 saturated carbocycles. The monoisotopic (exact) mass is 253 g/mol. The molecule has 1 fully saturated rings. The summed E-state index contributed by atoms with van der Waals surface area (Å²) >= 11 is 0. The molecular weight excluding hydrogens is 234 g/mol. The highest BCUT2D eigenvalue weighted by Crippen LogP contribution is 2.19. The SMILES string of the molecule is CC(O)CC=CC(O)=C1C(=O)NC(C(C)C)C1=O. The molecular formula is C13H19NO4. The van der Waals surface area contributed by atoms with Gasteiger partial charge in [0.15, 0.2) is 5.78 Å². The first-order valence-electron chi connectivity index (χ1n) is 5.97. The van der Waals surface area contributed by atoms with Crippen LogP contribution >= 0.6 is 0 Å². The second kappa shape index (κ2) is 5.82. The normalized spacial score (nSPS) is 24.8. The van der Waals surface area contributed by atoms with Crippen LogP contribution in [0.15, 0.2) is 23.5 Å². The molecule has 0 bridgehead atoms. The Hall–Kier alpha value is -1.62. The Kier molecular flexibility index (Phi) is 4.67. The maximum atomic E-state index is 11.9. The number of carbonyl (C=O) groups is 2. The van der Waals surface area contributed by atoms with Crippen molar-refractivity contribution < 1.29 is 19.8 Å². The van der Waals surface area contributed by atoms with Gasteiger partial charge in [-0.3, -0.25) is 9.59 Å². The lowest BCUT2D eigenvalue weighted by Gasteiger charge is -2.10. The minimum absolute atomic E-state index is 0.0202. The molecule has 0 aliphatic carbocycles. The first kappa shape index (κ1) is 14.4. The van der Waals surface area contributed by atoms with Crippen LogP contribution in [0.5, 0.6) is 0 Å². The number of Topliss-reactive ketones (excluding diaryl/α,β-unsaturated/α-hetero) is 1. The lowest BCUT2D eigenvalue weighted by atomic mass is 9.99. The summed E-state index contributed by atoms with van der Waals surface area (Å²) < 4.78 is 0. The van der Waals surface area contributed by atoms with Gasteiger partial charge in [-0.15, -0.1) is 0 Å². The second-order valence-corrected chi connectivity index (χ2v) is 4.81. The Labute approximate surface area is 106 Å². The number of ketones is 1. The van der Waals surface area contributed by atoms with Crippen molar-refractivity contribution in [3.63, 3.8) is 0 Å². The summed E-state index contributed by atoms with van der Waals surface area (Å²) in [5, 5.41) is 21.3. The summed E-state index contributed by atoms with van der Waals surface area (Å²) in [7, 11) is 0. The molecule has 0 aromatic heterocycles. The predicted octanol–water partition coefficient (Wildman–Crippen LogP) is 0.849. The maximum Gasteiger partial charge on any atom is 0.259 e. The standard InChI is InChI=1S/C13H19NO4/c1-7(2)11-12(17)10(13(18)14-11)9(16)6-4-5-8(3)15/h4,6-8,11,15-16H,5H2,1-3H3,(H,14,18). The number of allylic oxidation sites excluding steroid dienone is 1. The molecule has 0 radical (unpaired) electrons. The van der Waals surface area contributed by atoms with Crippen molar-refractivity contribution in [2.75, 3.05) is 0 Å². The highest BCUT2D eigenvalue weighted by molar-refractivity contribution is 6.27. The van der Waals surface area contributed by atoms with Gasteiger partial charge in [0.2, 0.25) is 0 Å². The third-order valence-electron chi connectivity index (χ3n) is 2.72. The Morgan fingerprint density at radius 1 is 1.39 bits per heavy atom. The van der Waals surface area contributed by atoms with Crippen LogP contribution in [0.4, 0.5) is 0 Å². The van der Waals surface area contributed by atoms with Crippen LogP contribution in [-0.4, -0.2) is 34.0 Å². The number of hydrogen-bond acceptors (Lipinski definition) is 4. The largest absolute Gasteiger partial charge is 0.507 e. The number of nitrogens with one attached hydrogen (secondary N) is 1. The summed E-state index contributed by atoms with van der Waals surface area (Å²) in [4.78, 5) is 23.5. The van der Waals surface area contributed by atoms with E-state index in [4.69, 9.17) is 5.11 Å². The van der Waals surface area contributed by atoms with Crippen LogP contribution in [0.1, 0.15) is 27.2 Å². The van der Waals surface area contributed by atoms with Gasteiger partial charge in [0.05, 0.1) is 12.1 Å². The second-order valence-electron chi connectivity index (χ2n) is 4.81. The van der Waals surface area contributed by atoms with E-state index in [9.17, 15) is 14.7 Å². The number of hydrogen-bond donors (Lipinski definition) is 3. The van der Waals surface area contributed by atoms with Crippen LogP contribution < -0.4 is 5.32 Å². The van der Waals surface area contributed by atoms with Crippen LogP contribution in [0.2, 0.25) is 0 Å². The Morgan fingerprint density at radius 3 is 2.44 bits per heavy atom. The summed E-state index contributed by atoms with van der Waals surface area (Å²) in [6, 6.07) is -0.570. The average molecular weight is 253 g/mol. The molecule has 2 unspecified atom stereocenters. The Bertz CT molecular complexity index is 407. The van der Waals surface area contributed by atoms with Crippen LogP contribution in [-0.2, 0) is 9.59 Å².